The summed E-state index contributed by atoms with van der Waals surface area (Å²) < 4.78 is 29.1. The van der Waals surface area contributed by atoms with Crippen molar-refractivity contribution in [3.63, 3.8) is 0 Å². The number of aliphatic hydroxyl groups is 2. The van der Waals surface area contributed by atoms with Crippen molar-refractivity contribution in [2.45, 2.75) is 76.0 Å². The summed E-state index contributed by atoms with van der Waals surface area (Å²) in [4.78, 5) is 26.1. The summed E-state index contributed by atoms with van der Waals surface area (Å²) in [5.41, 5.74) is -1.86. The first-order valence-electron chi connectivity index (χ1n) is 13.5. The molecule has 1 heterocycles. The van der Waals surface area contributed by atoms with Crippen molar-refractivity contribution in [2.24, 2.45) is 11.8 Å². The molecule has 10 heteroatoms. The molecule has 5 N–H and O–H groups in total. The number of benzene rings is 1. The van der Waals surface area contributed by atoms with E-state index in [0.29, 0.717) is 32.4 Å². The topological polar surface area (TPSA) is 114 Å². The number of halogens is 2. The van der Waals surface area contributed by atoms with Gasteiger partial charge >= 0.3 is 6.03 Å². The van der Waals surface area contributed by atoms with Crippen LogP contribution < -0.4 is 16.0 Å². The number of hydrogen-bond donors (Lipinski definition) is 5. The van der Waals surface area contributed by atoms with Crippen LogP contribution in [0.25, 0.3) is 0 Å². The Morgan fingerprint density at radius 1 is 1.19 bits per heavy atom. The van der Waals surface area contributed by atoms with Crippen LogP contribution in [0.15, 0.2) is 18.2 Å². The van der Waals surface area contributed by atoms with Crippen LogP contribution in [-0.4, -0.2) is 72.4 Å². The molecule has 3 rings (SSSR count). The number of likely N-dealkylation sites (N-methyl/N-ethyl adjacent to an activating group) is 1. The van der Waals surface area contributed by atoms with Gasteiger partial charge in [-0.1, -0.05) is 25.0 Å². The van der Waals surface area contributed by atoms with Crippen LogP contribution in [0.3, 0.4) is 0 Å². The van der Waals surface area contributed by atoms with Gasteiger partial charge in [-0.25, -0.2) is 13.6 Å². The zero-order chi connectivity index (χ0) is 27.0. The monoisotopic (exact) mass is 524 g/mol. The van der Waals surface area contributed by atoms with Crippen LogP contribution in [0.5, 0.6) is 0 Å². The van der Waals surface area contributed by atoms with E-state index in [4.69, 9.17) is 0 Å². The predicted molar refractivity (Wildman–Crippen MR) is 137 cm³/mol. The van der Waals surface area contributed by atoms with Gasteiger partial charge in [-0.3, -0.25) is 4.79 Å². The average molecular weight is 525 g/mol. The van der Waals surface area contributed by atoms with E-state index < -0.39 is 35.3 Å². The average Bonchev–Trinajstić information content (AvgIpc) is 3.42. The maximum atomic E-state index is 14.9. The largest absolute Gasteiger partial charge is 0.391 e. The summed E-state index contributed by atoms with van der Waals surface area (Å²) in [6.45, 7) is 2.71. The van der Waals surface area contributed by atoms with Crippen LogP contribution in [0.4, 0.5) is 13.6 Å². The highest BCUT2D eigenvalue weighted by Crippen LogP contribution is 2.41. The first-order valence-corrected chi connectivity index (χ1v) is 13.5. The Balaban J connectivity index is 1.76. The highest BCUT2D eigenvalue weighted by molar-refractivity contribution is 5.75. The van der Waals surface area contributed by atoms with Gasteiger partial charge in [-0.15, -0.1) is 0 Å². The molecule has 1 aromatic carbocycles. The van der Waals surface area contributed by atoms with Gasteiger partial charge in [0.15, 0.2) is 11.6 Å². The number of rotatable bonds is 11. The van der Waals surface area contributed by atoms with E-state index in [2.05, 4.69) is 16.0 Å². The van der Waals surface area contributed by atoms with Crippen LogP contribution >= 0.6 is 0 Å². The molecule has 1 aromatic rings. The molecular formula is C27H42F2N4O4. The van der Waals surface area contributed by atoms with Crippen molar-refractivity contribution in [3.05, 3.63) is 35.4 Å². The fraction of sp³-hybridized carbons (Fsp3) is 0.704. The van der Waals surface area contributed by atoms with Gasteiger partial charge in [0, 0.05) is 44.6 Å². The third kappa shape index (κ3) is 7.39. The molecule has 0 bridgehead atoms. The zero-order valence-corrected chi connectivity index (χ0v) is 21.9. The number of piperidine rings is 1. The quantitative estimate of drug-likeness (QED) is 0.286. The summed E-state index contributed by atoms with van der Waals surface area (Å²) >= 11 is 0. The Morgan fingerprint density at radius 2 is 1.92 bits per heavy atom. The Morgan fingerprint density at radius 3 is 2.59 bits per heavy atom. The van der Waals surface area contributed by atoms with E-state index in [9.17, 15) is 28.6 Å². The number of carbonyl (C=O) groups excluding carboxylic acids is 2. The Hall–Kier alpha value is -2.30. The number of aliphatic hydroxyl groups excluding tert-OH is 1. The van der Waals surface area contributed by atoms with Gasteiger partial charge < -0.3 is 31.1 Å². The van der Waals surface area contributed by atoms with Crippen molar-refractivity contribution < 1.29 is 28.6 Å². The molecular weight excluding hydrogens is 482 g/mol. The molecule has 0 spiro atoms. The van der Waals surface area contributed by atoms with E-state index in [1.54, 1.807) is 11.9 Å². The summed E-state index contributed by atoms with van der Waals surface area (Å²) in [6.07, 6.45) is 4.93. The number of amides is 3. The third-order valence-electron chi connectivity index (χ3n) is 7.94. The van der Waals surface area contributed by atoms with Crippen LogP contribution in [0.1, 0.15) is 63.9 Å². The van der Waals surface area contributed by atoms with Crippen molar-refractivity contribution in [2.75, 3.05) is 33.2 Å². The smallest absolute Gasteiger partial charge is 0.317 e. The van der Waals surface area contributed by atoms with Crippen molar-refractivity contribution in [1.82, 2.24) is 20.9 Å². The van der Waals surface area contributed by atoms with E-state index >= 15 is 0 Å². The van der Waals surface area contributed by atoms with Crippen LogP contribution in [0.2, 0.25) is 0 Å². The molecule has 4 unspecified atom stereocenters. The molecule has 208 valence electrons. The third-order valence-corrected chi connectivity index (χ3v) is 7.94. The normalized spacial score (nSPS) is 21.8. The molecule has 0 radical (unpaired) electrons. The molecule has 2 fully saturated rings. The molecule has 0 aromatic heterocycles. The molecule has 1 aliphatic carbocycles. The Labute approximate surface area is 218 Å². The lowest BCUT2D eigenvalue weighted by Crippen LogP contribution is -2.57. The minimum absolute atomic E-state index is 0.0938. The second kappa shape index (κ2) is 13.5. The standard InChI is InChI=1S/C27H42F2N4O4/c1-18(34)31-14-7-13-27(37,21-11-5-12-22(28)24(21)29)20-10-6-15-33(17-20)26(36)32-23(16-30-2)25(35)19-8-3-4-9-19/h5,11-12,19-20,23,25,30,35,37H,3-4,6-10,13-17H2,1-2H3,(H,31,34)(H,32,36). The van der Waals surface area contributed by atoms with Crippen LogP contribution in [0, 0.1) is 23.5 Å². The molecule has 1 saturated heterocycles. The fourth-order valence-electron chi connectivity index (χ4n) is 5.92. The summed E-state index contributed by atoms with van der Waals surface area (Å²) in [5.74, 6) is -2.74. The van der Waals surface area contributed by atoms with E-state index in [-0.39, 0.29) is 42.9 Å². The maximum Gasteiger partial charge on any atom is 0.317 e. The van der Waals surface area contributed by atoms with Gasteiger partial charge in [0.25, 0.3) is 0 Å². The molecule has 3 amide bonds. The van der Waals surface area contributed by atoms with Gasteiger partial charge in [-0.2, -0.15) is 0 Å². The first kappa shape index (κ1) is 29.3. The van der Waals surface area contributed by atoms with E-state index in [1.807, 2.05) is 0 Å². The first-order chi connectivity index (χ1) is 17.7. The second-order valence-corrected chi connectivity index (χ2v) is 10.5. The van der Waals surface area contributed by atoms with E-state index in [1.165, 1.54) is 19.1 Å². The highest BCUT2D eigenvalue weighted by Gasteiger charge is 2.43. The minimum Gasteiger partial charge on any atom is -0.391 e. The lowest BCUT2D eigenvalue weighted by Gasteiger charge is -2.43. The molecule has 1 saturated carbocycles. The van der Waals surface area contributed by atoms with Gasteiger partial charge in [0.1, 0.15) is 0 Å². The lowest BCUT2D eigenvalue weighted by atomic mass is 9.74. The number of nitrogens with zero attached hydrogens (tertiary/aromatic N) is 1. The summed E-state index contributed by atoms with van der Waals surface area (Å²) in [5, 5.41) is 31.4. The molecule has 1 aliphatic heterocycles. The minimum atomic E-state index is -1.72. The fourth-order valence-corrected chi connectivity index (χ4v) is 5.92. The molecule has 2 aliphatic rings. The predicted octanol–water partition coefficient (Wildman–Crippen LogP) is 2.63. The summed E-state index contributed by atoms with van der Waals surface area (Å²) in [7, 11) is 1.77. The highest BCUT2D eigenvalue weighted by atomic mass is 19.2. The molecule has 37 heavy (non-hydrogen) atoms. The van der Waals surface area contributed by atoms with E-state index in [0.717, 1.165) is 31.7 Å². The SMILES string of the molecule is CNCC(NC(=O)N1CCCC(C(O)(CCCNC(C)=O)c2cccc(F)c2F)C1)C(O)C1CCCC1. The van der Waals surface area contributed by atoms with Gasteiger partial charge in [-0.05, 0) is 57.6 Å². The number of urea groups is 1. The number of nitrogens with one attached hydrogen (secondary N) is 3. The second-order valence-electron chi connectivity index (χ2n) is 10.5. The lowest BCUT2D eigenvalue weighted by molar-refractivity contribution is -0.119. The van der Waals surface area contributed by atoms with Crippen LogP contribution in [-0.2, 0) is 10.4 Å². The number of likely N-dealkylation sites (tertiary alicyclic amines) is 1. The molecule has 8 nitrogen and oxygen atoms in total. The van der Waals surface area contributed by atoms with Gasteiger partial charge in [0.2, 0.25) is 5.91 Å². The van der Waals surface area contributed by atoms with Crippen molar-refractivity contribution in [3.8, 4) is 0 Å². The van der Waals surface area contributed by atoms with Crippen molar-refractivity contribution >= 4 is 11.9 Å². The number of carbonyl (C=O) groups is 2. The Kier molecular flexibility index (Phi) is 10.7. The summed E-state index contributed by atoms with van der Waals surface area (Å²) in [6, 6.07) is 2.96. The molecule has 4 atom stereocenters. The maximum absolute atomic E-state index is 14.9. The zero-order valence-electron chi connectivity index (χ0n) is 21.9. The Bertz CT molecular complexity index is 914. The van der Waals surface area contributed by atoms with Gasteiger partial charge in [0.05, 0.1) is 17.7 Å². The van der Waals surface area contributed by atoms with Crippen molar-refractivity contribution in [1.29, 1.82) is 0 Å². The number of hydrogen-bond acceptors (Lipinski definition) is 5.